The van der Waals surface area contributed by atoms with Crippen LogP contribution < -0.4 is 9.80 Å². The van der Waals surface area contributed by atoms with E-state index in [1.807, 2.05) is 0 Å². The normalized spacial score (nSPS) is 16.6. The van der Waals surface area contributed by atoms with Crippen molar-refractivity contribution in [2.75, 3.05) is 31.1 Å². The van der Waals surface area contributed by atoms with Crippen molar-refractivity contribution in [3.63, 3.8) is 0 Å². The molecular formula is C27H30N5+. The number of rotatable bonds is 4. The Morgan fingerprint density at radius 3 is 2.38 bits per heavy atom. The molecule has 1 aliphatic carbocycles. The van der Waals surface area contributed by atoms with Crippen LogP contribution in [0.1, 0.15) is 28.9 Å². The molecule has 0 amide bonds. The highest BCUT2D eigenvalue weighted by molar-refractivity contribution is 5.81. The average Bonchev–Trinajstić information content (AvgIpc) is 3.42. The summed E-state index contributed by atoms with van der Waals surface area (Å²) in [5.74, 6) is 1.30. The first-order valence-electron chi connectivity index (χ1n) is 11.9. The molecule has 0 bridgehead atoms. The molecule has 2 aromatic carbocycles. The Hall–Kier alpha value is -3.18. The number of nitrogens with one attached hydrogen (secondary N) is 1. The summed E-state index contributed by atoms with van der Waals surface area (Å²) in [6, 6.07) is 21.5. The van der Waals surface area contributed by atoms with E-state index >= 15 is 0 Å². The van der Waals surface area contributed by atoms with Gasteiger partial charge in [-0.1, -0.05) is 60.7 Å². The Labute approximate surface area is 189 Å². The fourth-order valence-electron chi connectivity index (χ4n) is 5.48. The molecule has 1 aliphatic heterocycles. The van der Waals surface area contributed by atoms with Crippen molar-refractivity contribution in [1.82, 2.24) is 14.6 Å². The van der Waals surface area contributed by atoms with Crippen LogP contribution in [0.4, 0.5) is 5.82 Å². The minimum atomic E-state index is 1.02. The lowest BCUT2D eigenvalue weighted by atomic mass is 10.1. The van der Waals surface area contributed by atoms with Gasteiger partial charge in [-0.2, -0.15) is 9.61 Å². The van der Waals surface area contributed by atoms with Crippen LogP contribution in [0, 0.1) is 6.92 Å². The number of hydrogen-bond donors (Lipinski definition) is 1. The molecule has 0 atom stereocenters. The first kappa shape index (κ1) is 19.5. The molecule has 5 nitrogen and oxygen atoms in total. The quantitative estimate of drug-likeness (QED) is 0.547. The predicted molar refractivity (Wildman–Crippen MR) is 128 cm³/mol. The number of quaternary nitrogens is 1. The Morgan fingerprint density at radius 1 is 0.906 bits per heavy atom. The number of hydrogen-bond acceptors (Lipinski definition) is 3. The highest BCUT2D eigenvalue weighted by Crippen LogP contribution is 2.35. The molecule has 0 spiro atoms. The summed E-state index contributed by atoms with van der Waals surface area (Å²) in [4.78, 5) is 9.39. The summed E-state index contributed by atoms with van der Waals surface area (Å²) in [6.07, 6.45) is 3.39. The Kier molecular flexibility index (Phi) is 4.91. The molecule has 2 aliphatic rings. The van der Waals surface area contributed by atoms with E-state index in [4.69, 9.17) is 10.1 Å². The summed E-state index contributed by atoms with van der Waals surface area (Å²) < 4.78 is 2.16. The van der Waals surface area contributed by atoms with Gasteiger partial charge in [0.25, 0.3) is 0 Å². The van der Waals surface area contributed by atoms with Gasteiger partial charge in [-0.15, -0.1) is 0 Å². The summed E-state index contributed by atoms with van der Waals surface area (Å²) in [5.41, 5.74) is 8.59. The molecule has 6 rings (SSSR count). The van der Waals surface area contributed by atoms with Crippen LogP contribution in [0.15, 0.2) is 60.7 Å². The molecule has 5 heteroatoms. The fraction of sp³-hybridized carbons (Fsp3) is 0.333. The standard InChI is InChI=1S/C27H29N5/c1-20-25(22-11-6-3-7-12-22)26-28-24-14-8-13-23(24)27(32(26)29-20)31-17-15-30(16-18-31)19-21-9-4-2-5-10-21/h2-7,9-12H,8,13-19H2,1H3/p+1. The van der Waals surface area contributed by atoms with Crippen molar-refractivity contribution < 1.29 is 4.90 Å². The number of aromatic nitrogens is 3. The molecule has 162 valence electrons. The zero-order valence-electron chi connectivity index (χ0n) is 18.7. The third kappa shape index (κ3) is 3.37. The first-order chi connectivity index (χ1) is 15.8. The van der Waals surface area contributed by atoms with Gasteiger partial charge in [0.15, 0.2) is 5.65 Å². The predicted octanol–water partition coefficient (Wildman–Crippen LogP) is 3.10. The zero-order valence-corrected chi connectivity index (χ0v) is 18.7. The maximum Gasteiger partial charge on any atom is 0.165 e. The second-order valence-electron chi connectivity index (χ2n) is 9.18. The van der Waals surface area contributed by atoms with Crippen LogP contribution in [0.25, 0.3) is 16.8 Å². The van der Waals surface area contributed by atoms with Crippen molar-refractivity contribution in [2.45, 2.75) is 32.7 Å². The maximum atomic E-state index is 5.15. The zero-order chi connectivity index (χ0) is 21.5. The van der Waals surface area contributed by atoms with E-state index in [0.717, 1.165) is 56.9 Å². The van der Waals surface area contributed by atoms with Crippen molar-refractivity contribution in [3.8, 4) is 11.1 Å². The molecule has 2 aromatic heterocycles. The largest absolute Gasteiger partial charge is 0.345 e. The molecule has 3 heterocycles. The Morgan fingerprint density at radius 2 is 1.62 bits per heavy atom. The lowest BCUT2D eigenvalue weighted by Gasteiger charge is -2.34. The highest BCUT2D eigenvalue weighted by Gasteiger charge is 2.29. The van der Waals surface area contributed by atoms with E-state index in [-0.39, 0.29) is 0 Å². The second-order valence-corrected chi connectivity index (χ2v) is 9.18. The van der Waals surface area contributed by atoms with Crippen molar-refractivity contribution >= 4 is 11.5 Å². The van der Waals surface area contributed by atoms with E-state index in [1.165, 1.54) is 40.2 Å². The van der Waals surface area contributed by atoms with Crippen LogP contribution >= 0.6 is 0 Å². The molecule has 1 N–H and O–H groups in total. The van der Waals surface area contributed by atoms with Crippen LogP contribution in [-0.4, -0.2) is 40.8 Å². The van der Waals surface area contributed by atoms with Crippen molar-refractivity contribution in [2.24, 2.45) is 0 Å². The highest BCUT2D eigenvalue weighted by atomic mass is 15.4. The fourth-order valence-corrected chi connectivity index (χ4v) is 5.48. The van der Waals surface area contributed by atoms with E-state index in [9.17, 15) is 0 Å². The van der Waals surface area contributed by atoms with Gasteiger partial charge in [-0.3, -0.25) is 0 Å². The van der Waals surface area contributed by atoms with Gasteiger partial charge >= 0.3 is 0 Å². The number of nitrogens with zero attached hydrogens (tertiary/aromatic N) is 4. The molecular weight excluding hydrogens is 394 g/mol. The van der Waals surface area contributed by atoms with Gasteiger partial charge in [-0.25, -0.2) is 4.98 Å². The van der Waals surface area contributed by atoms with E-state index in [2.05, 4.69) is 77.0 Å². The first-order valence-corrected chi connectivity index (χ1v) is 11.9. The van der Waals surface area contributed by atoms with Gasteiger partial charge in [-0.05, 0) is 31.7 Å². The van der Waals surface area contributed by atoms with Gasteiger partial charge in [0.05, 0.1) is 31.9 Å². The van der Waals surface area contributed by atoms with Crippen LogP contribution in [0.5, 0.6) is 0 Å². The van der Waals surface area contributed by atoms with Gasteiger partial charge in [0, 0.05) is 22.4 Å². The van der Waals surface area contributed by atoms with Gasteiger partial charge < -0.3 is 9.80 Å². The minimum Gasteiger partial charge on any atom is -0.345 e. The maximum absolute atomic E-state index is 5.15. The molecule has 0 unspecified atom stereocenters. The van der Waals surface area contributed by atoms with Crippen molar-refractivity contribution in [1.29, 1.82) is 0 Å². The third-order valence-corrected chi connectivity index (χ3v) is 7.07. The number of piperazine rings is 1. The number of benzene rings is 2. The number of fused-ring (bicyclic) bond motifs is 2. The summed E-state index contributed by atoms with van der Waals surface area (Å²) in [5, 5.41) is 5.03. The topological polar surface area (TPSA) is 37.9 Å². The molecule has 1 fully saturated rings. The Balaban J connectivity index is 1.36. The van der Waals surface area contributed by atoms with Crippen LogP contribution in [-0.2, 0) is 19.4 Å². The number of anilines is 1. The SMILES string of the molecule is Cc1nn2c(N3CC[NH+](Cc4ccccc4)CC3)c3c(nc2c1-c1ccccc1)CCC3. The monoisotopic (exact) mass is 424 g/mol. The molecule has 4 aromatic rings. The van der Waals surface area contributed by atoms with E-state index < -0.39 is 0 Å². The number of aryl methyl sites for hydroxylation is 2. The van der Waals surface area contributed by atoms with Crippen molar-refractivity contribution in [3.05, 3.63) is 83.2 Å². The molecule has 0 saturated carbocycles. The lowest BCUT2D eigenvalue weighted by Crippen LogP contribution is -3.13. The summed E-state index contributed by atoms with van der Waals surface area (Å²) in [7, 11) is 0. The lowest BCUT2D eigenvalue weighted by molar-refractivity contribution is -0.914. The average molecular weight is 425 g/mol. The van der Waals surface area contributed by atoms with E-state index in [0.29, 0.717) is 0 Å². The third-order valence-electron chi connectivity index (χ3n) is 7.07. The van der Waals surface area contributed by atoms with Crippen LogP contribution in [0.2, 0.25) is 0 Å². The molecule has 32 heavy (non-hydrogen) atoms. The molecule has 0 radical (unpaired) electrons. The Bertz CT molecular complexity index is 1240. The summed E-state index contributed by atoms with van der Waals surface area (Å²) >= 11 is 0. The van der Waals surface area contributed by atoms with Gasteiger partial charge in [0.1, 0.15) is 12.4 Å². The van der Waals surface area contributed by atoms with Crippen LogP contribution in [0.3, 0.4) is 0 Å². The van der Waals surface area contributed by atoms with E-state index in [1.54, 1.807) is 4.90 Å². The second kappa shape index (κ2) is 8.06. The van der Waals surface area contributed by atoms with Gasteiger partial charge in [0.2, 0.25) is 0 Å². The minimum absolute atomic E-state index is 1.02. The smallest absolute Gasteiger partial charge is 0.165 e. The molecule has 1 saturated heterocycles. The summed E-state index contributed by atoms with van der Waals surface area (Å²) in [6.45, 7) is 7.66.